The summed E-state index contributed by atoms with van der Waals surface area (Å²) in [5.41, 5.74) is 6.37. The molecule has 1 rings (SSSR count). The highest BCUT2D eigenvalue weighted by atomic mass is 32.2. The molecule has 1 heterocycles. The smallest absolute Gasteiger partial charge is 0.221 e. The van der Waals surface area contributed by atoms with Gasteiger partial charge in [0.05, 0.1) is 0 Å². The molecule has 0 spiro atoms. The summed E-state index contributed by atoms with van der Waals surface area (Å²) in [5, 5.41) is 0.903. The molecule has 0 aliphatic rings. The molecule has 2 N–H and O–H groups in total. The number of thioether (sulfide) groups is 1. The van der Waals surface area contributed by atoms with E-state index < -0.39 is 0 Å². The van der Waals surface area contributed by atoms with Gasteiger partial charge in [-0.25, -0.2) is 9.97 Å². The Balaban J connectivity index is 2.78. The molecule has 0 aromatic carbocycles. The van der Waals surface area contributed by atoms with Gasteiger partial charge in [-0.1, -0.05) is 6.08 Å². The number of aromatic nitrogens is 2. The number of nitrogens with two attached hydrogens (primary N) is 1. The zero-order valence-corrected chi connectivity index (χ0v) is 7.77. The van der Waals surface area contributed by atoms with Gasteiger partial charge in [-0.3, -0.25) is 0 Å². The number of anilines is 1. The standard InChI is InChI=1S/C8H11N3S/c1-3-4-12-7-5-6(2)10-8(9)11-7/h3,5H,1,4H2,2H3,(H2,9,10,11). The van der Waals surface area contributed by atoms with Crippen LogP contribution in [-0.4, -0.2) is 15.7 Å². The van der Waals surface area contributed by atoms with Crippen LogP contribution in [0.25, 0.3) is 0 Å². The first-order valence-electron chi connectivity index (χ1n) is 3.57. The fourth-order valence-corrected chi connectivity index (χ4v) is 1.48. The summed E-state index contributed by atoms with van der Waals surface area (Å²) in [4.78, 5) is 8.02. The number of hydrogen-bond acceptors (Lipinski definition) is 4. The van der Waals surface area contributed by atoms with Crippen LogP contribution >= 0.6 is 11.8 Å². The van der Waals surface area contributed by atoms with Crippen molar-refractivity contribution in [2.75, 3.05) is 11.5 Å². The van der Waals surface area contributed by atoms with Gasteiger partial charge in [-0.15, -0.1) is 18.3 Å². The highest BCUT2D eigenvalue weighted by Gasteiger charge is 1.97. The summed E-state index contributed by atoms with van der Waals surface area (Å²) >= 11 is 1.60. The van der Waals surface area contributed by atoms with Crippen LogP contribution in [0.4, 0.5) is 5.95 Å². The normalized spacial score (nSPS) is 9.75. The zero-order chi connectivity index (χ0) is 8.97. The third kappa shape index (κ3) is 2.54. The summed E-state index contributed by atoms with van der Waals surface area (Å²) < 4.78 is 0. The molecular weight excluding hydrogens is 170 g/mol. The topological polar surface area (TPSA) is 51.8 Å². The van der Waals surface area contributed by atoms with Crippen molar-refractivity contribution in [3.63, 3.8) is 0 Å². The van der Waals surface area contributed by atoms with Crippen LogP contribution in [0, 0.1) is 6.92 Å². The van der Waals surface area contributed by atoms with E-state index in [2.05, 4.69) is 16.5 Å². The second-order valence-corrected chi connectivity index (χ2v) is 3.35. The maximum absolute atomic E-state index is 5.47. The molecule has 0 bridgehead atoms. The maximum Gasteiger partial charge on any atom is 0.221 e. The summed E-state index contributed by atoms with van der Waals surface area (Å²) in [5.74, 6) is 1.18. The summed E-state index contributed by atoms with van der Waals surface area (Å²) in [6.45, 7) is 5.52. The van der Waals surface area contributed by atoms with Gasteiger partial charge in [-0.2, -0.15) is 0 Å². The predicted octanol–water partition coefficient (Wildman–Crippen LogP) is 1.65. The zero-order valence-electron chi connectivity index (χ0n) is 6.95. The average molecular weight is 181 g/mol. The molecule has 0 saturated heterocycles. The molecule has 0 aliphatic heterocycles. The number of hydrogen-bond donors (Lipinski definition) is 1. The molecular formula is C8H11N3S. The summed E-state index contributed by atoms with van der Waals surface area (Å²) in [6.07, 6.45) is 1.83. The van der Waals surface area contributed by atoms with Crippen molar-refractivity contribution in [2.45, 2.75) is 11.9 Å². The molecule has 0 unspecified atom stereocenters. The van der Waals surface area contributed by atoms with Crippen LogP contribution < -0.4 is 5.73 Å². The van der Waals surface area contributed by atoms with Crippen molar-refractivity contribution in [1.29, 1.82) is 0 Å². The minimum absolute atomic E-state index is 0.335. The van der Waals surface area contributed by atoms with Gasteiger partial charge in [-0.05, 0) is 13.0 Å². The molecule has 3 nitrogen and oxygen atoms in total. The Bertz CT molecular complexity index is 265. The van der Waals surface area contributed by atoms with Crippen molar-refractivity contribution >= 4 is 17.7 Å². The molecule has 1 aromatic rings. The first kappa shape index (κ1) is 9.06. The van der Waals surface area contributed by atoms with Gasteiger partial charge < -0.3 is 5.73 Å². The van der Waals surface area contributed by atoms with E-state index in [0.29, 0.717) is 5.95 Å². The first-order chi connectivity index (χ1) is 5.72. The number of aryl methyl sites for hydroxylation is 1. The van der Waals surface area contributed by atoms with Crippen molar-refractivity contribution in [3.8, 4) is 0 Å². The van der Waals surface area contributed by atoms with Crippen molar-refractivity contribution in [1.82, 2.24) is 9.97 Å². The molecule has 12 heavy (non-hydrogen) atoms. The maximum atomic E-state index is 5.47. The molecule has 0 fully saturated rings. The lowest BCUT2D eigenvalue weighted by Gasteiger charge is -1.99. The second-order valence-electron chi connectivity index (χ2n) is 2.31. The predicted molar refractivity (Wildman–Crippen MR) is 52.1 cm³/mol. The van der Waals surface area contributed by atoms with Crippen LogP contribution in [0.15, 0.2) is 23.7 Å². The van der Waals surface area contributed by atoms with Crippen molar-refractivity contribution < 1.29 is 0 Å². The van der Waals surface area contributed by atoms with E-state index in [9.17, 15) is 0 Å². The number of rotatable bonds is 3. The molecule has 1 aromatic heterocycles. The van der Waals surface area contributed by atoms with E-state index in [1.165, 1.54) is 0 Å². The molecule has 4 heteroatoms. The quantitative estimate of drug-likeness (QED) is 0.437. The largest absolute Gasteiger partial charge is 0.368 e. The lowest BCUT2D eigenvalue weighted by atomic mass is 10.5. The van der Waals surface area contributed by atoms with Crippen LogP contribution in [-0.2, 0) is 0 Å². The Morgan fingerprint density at radius 2 is 2.42 bits per heavy atom. The lowest BCUT2D eigenvalue weighted by molar-refractivity contribution is 1.03. The lowest BCUT2D eigenvalue weighted by Crippen LogP contribution is -1.97. The number of nitrogen functional groups attached to an aromatic ring is 1. The van der Waals surface area contributed by atoms with Crippen molar-refractivity contribution in [3.05, 3.63) is 24.4 Å². The molecule has 64 valence electrons. The Hall–Kier alpha value is -1.03. The first-order valence-corrected chi connectivity index (χ1v) is 4.56. The SMILES string of the molecule is C=CCSc1cc(C)nc(N)n1. The minimum Gasteiger partial charge on any atom is -0.368 e. The van der Waals surface area contributed by atoms with Crippen LogP contribution in [0.5, 0.6) is 0 Å². The molecule has 0 saturated carbocycles. The third-order valence-electron chi connectivity index (χ3n) is 1.20. The Morgan fingerprint density at radius 1 is 1.67 bits per heavy atom. The monoisotopic (exact) mass is 181 g/mol. The van der Waals surface area contributed by atoms with Crippen LogP contribution in [0.2, 0.25) is 0 Å². The van der Waals surface area contributed by atoms with Gasteiger partial charge in [0.2, 0.25) is 5.95 Å². The average Bonchev–Trinajstić information content (AvgIpc) is 1.99. The van der Waals surface area contributed by atoms with Gasteiger partial charge >= 0.3 is 0 Å². The van der Waals surface area contributed by atoms with Crippen molar-refractivity contribution in [2.24, 2.45) is 0 Å². The van der Waals surface area contributed by atoms with E-state index in [-0.39, 0.29) is 0 Å². The highest BCUT2D eigenvalue weighted by molar-refractivity contribution is 7.99. The van der Waals surface area contributed by atoms with E-state index in [0.717, 1.165) is 16.5 Å². The van der Waals surface area contributed by atoms with Crippen LogP contribution in [0.1, 0.15) is 5.69 Å². The Kier molecular flexibility index (Phi) is 3.10. The highest BCUT2D eigenvalue weighted by Crippen LogP contribution is 2.16. The third-order valence-corrected chi connectivity index (χ3v) is 2.10. The van der Waals surface area contributed by atoms with E-state index >= 15 is 0 Å². The minimum atomic E-state index is 0.335. The van der Waals surface area contributed by atoms with Gasteiger partial charge in [0.1, 0.15) is 5.03 Å². The van der Waals surface area contributed by atoms with Gasteiger partial charge in [0.15, 0.2) is 0 Å². The molecule has 0 aliphatic carbocycles. The van der Waals surface area contributed by atoms with E-state index in [4.69, 9.17) is 5.73 Å². The van der Waals surface area contributed by atoms with E-state index in [1.54, 1.807) is 11.8 Å². The molecule has 0 amide bonds. The fourth-order valence-electron chi connectivity index (χ4n) is 0.780. The Morgan fingerprint density at radius 3 is 3.00 bits per heavy atom. The fraction of sp³-hybridized carbons (Fsp3) is 0.250. The molecule has 0 radical (unpaired) electrons. The van der Waals surface area contributed by atoms with Gasteiger partial charge in [0.25, 0.3) is 0 Å². The van der Waals surface area contributed by atoms with Gasteiger partial charge in [0, 0.05) is 11.4 Å². The van der Waals surface area contributed by atoms with E-state index in [1.807, 2.05) is 19.1 Å². The Labute approximate surface area is 76.1 Å². The summed E-state index contributed by atoms with van der Waals surface area (Å²) in [6, 6.07) is 1.91. The number of nitrogens with zero attached hydrogens (tertiary/aromatic N) is 2. The van der Waals surface area contributed by atoms with Crippen LogP contribution in [0.3, 0.4) is 0 Å². The summed E-state index contributed by atoms with van der Waals surface area (Å²) in [7, 11) is 0. The molecule has 0 atom stereocenters. The second kappa shape index (κ2) is 4.11.